The van der Waals surface area contributed by atoms with Crippen molar-refractivity contribution in [3.8, 4) is 11.5 Å². The van der Waals surface area contributed by atoms with Crippen LogP contribution >= 0.6 is 0 Å². The van der Waals surface area contributed by atoms with Crippen molar-refractivity contribution in [1.82, 2.24) is 0 Å². The molecule has 0 aliphatic carbocycles. The predicted molar refractivity (Wildman–Crippen MR) is 84.7 cm³/mol. The van der Waals surface area contributed by atoms with Gasteiger partial charge in [0.25, 0.3) is 0 Å². The second-order valence-electron chi connectivity index (χ2n) is 4.52. The highest BCUT2D eigenvalue weighted by Crippen LogP contribution is 2.23. The minimum atomic E-state index is -1.44. The van der Waals surface area contributed by atoms with Crippen LogP contribution in [0.25, 0.3) is 12.2 Å². The first-order chi connectivity index (χ1) is 10.1. The van der Waals surface area contributed by atoms with Crippen LogP contribution < -0.4 is 14.9 Å². The van der Waals surface area contributed by atoms with E-state index in [0.717, 1.165) is 22.6 Å². The lowest BCUT2D eigenvalue weighted by Gasteiger charge is -2.06. The molecule has 2 aromatic rings. The molecular weight excluding hydrogens is 267 g/mol. The zero-order valence-corrected chi connectivity index (χ0v) is 12.0. The molecule has 2 N–H and O–H groups in total. The molecule has 5 heteroatoms. The smallest absolute Gasteiger partial charge is 0.488 e. The first-order valence-electron chi connectivity index (χ1n) is 6.49. The Morgan fingerprint density at radius 2 is 1.33 bits per heavy atom. The van der Waals surface area contributed by atoms with Crippen LogP contribution in [0.3, 0.4) is 0 Å². The fourth-order valence-corrected chi connectivity index (χ4v) is 1.90. The Bertz CT molecular complexity index is 598. The molecule has 2 aromatic carbocycles. The van der Waals surface area contributed by atoms with Crippen molar-refractivity contribution in [3.63, 3.8) is 0 Å². The normalized spacial score (nSPS) is 10.7. The van der Waals surface area contributed by atoms with Gasteiger partial charge < -0.3 is 19.5 Å². The first kappa shape index (κ1) is 15.2. The number of methoxy groups -OCH3 is 2. The average Bonchev–Trinajstić information content (AvgIpc) is 2.52. The molecule has 0 atom stereocenters. The summed E-state index contributed by atoms with van der Waals surface area (Å²) in [6.45, 7) is 0. The maximum Gasteiger partial charge on any atom is 0.488 e. The highest BCUT2D eigenvalue weighted by Gasteiger charge is 2.08. The quantitative estimate of drug-likeness (QED) is 0.646. The second kappa shape index (κ2) is 6.97. The van der Waals surface area contributed by atoms with E-state index in [2.05, 4.69) is 0 Å². The van der Waals surface area contributed by atoms with E-state index < -0.39 is 7.12 Å². The van der Waals surface area contributed by atoms with Crippen LogP contribution in [0.1, 0.15) is 11.1 Å². The summed E-state index contributed by atoms with van der Waals surface area (Å²) in [7, 11) is 1.79. The molecule has 108 valence electrons. The minimum Gasteiger partial charge on any atom is -0.497 e. The van der Waals surface area contributed by atoms with Gasteiger partial charge in [0, 0.05) is 6.07 Å². The molecule has 0 unspecified atom stereocenters. The zero-order chi connectivity index (χ0) is 15.2. The summed E-state index contributed by atoms with van der Waals surface area (Å²) in [6, 6.07) is 12.6. The molecular formula is C16H17BO4. The molecule has 0 saturated heterocycles. The van der Waals surface area contributed by atoms with Gasteiger partial charge in [0.2, 0.25) is 0 Å². The van der Waals surface area contributed by atoms with Crippen molar-refractivity contribution in [2.24, 2.45) is 0 Å². The summed E-state index contributed by atoms with van der Waals surface area (Å²) < 4.78 is 10.4. The van der Waals surface area contributed by atoms with Crippen LogP contribution in [0, 0.1) is 0 Å². The van der Waals surface area contributed by atoms with Gasteiger partial charge in [-0.05, 0) is 28.7 Å². The summed E-state index contributed by atoms with van der Waals surface area (Å²) in [6.07, 6.45) is 3.87. The molecule has 0 heterocycles. The van der Waals surface area contributed by atoms with Gasteiger partial charge in [0.1, 0.15) is 11.5 Å². The molecule has 0 bridgehead atoms. The van der Waals surface area contributed by atoms with Crippen molar-refractivity contribution < 1.29 is 19.5 Å². The number of benzene rings is 2. The molecule has 0 aliphatic heterocycles. The van der Waals surface area contributed by atoms with Crippen molar-refractivity contribution in [2.45, 2.75) is 0 Å². The van der Waals surface area contributed by atoms with Gasteiger partial charge >= 0.3 is 7.12 Å². The third-order valence-electron chi connectivity index (χ3n) is 3.08. The fourth-order valence-electron chi connectivity index (χ4n) is 1.90. The number of hydrogen-bond acceptors (Lipinski definition) is 4. The van der Waals surface area contributed by atoms with E-state index in [0.29, 0.717) is 5.46 Å². The summed E-state index contributed by atoms with van der Waals surface area (Å²) in [5.41, 5.74) is 2.38. The Morgan fingerprint density at radius 3 is 1.81 bits per heavy atom. The zero-order valence-electron chi connectivity index (χ0n) is 12.0. The van der Waals surface area contributed by atoms with Crippen LogP contribution in [0.15, 0.2) is 42.5 Å². The predicted octanol–water partition coefficient (Wildman–Crippen LogP) is 1.55. The maximum absolute atomic E-state index is 9.05. The van der Waals surface area contributed by atoms with Gasteiger partial charge in [0.05, 0.1) is 14.2 Å². The Morgan fingerprint density at radius 1 is 0.810 bits per heavy atom. The molecule has 21 heavy (non-hydrogen) atoms. The molecule has 4 nitrogen and oxygen atoms in total. The monoisotopic (exact) mass is 284 g/mol. The topological polar surface area (TPSA) is 58.9 Å². The van der Waals surface area contributed by atoms with Crippen molar-refractivity contribution in [3.05, 3.63) is 53.6 Å². The number of ether oxygens (including phenoxy) is 2. The SMILES string of the molecule is COc1cc(/C=C/c2ccc(B(O)O)cc2)cc(OC)c1. The Balaban J connectivity index is 2.20. The third kappa shape index (κ3) is 4.11. The van der Waals surface area contributed by atoms with E-state index in [4.69, 9.17) is 19.5 Å². The average molecular weight is 284 g/mol. The lowest BCUT2D eigenvalue weighted by molar-refractivity contribution is 0.394. The molecule has 0 spiro atoms. The summed E-state index contributed by atoms with van der Waals surface area (Å²) >= 11 is 0. The highest BCUT2D eigenvalue weighted by molar-refractivity contribution is 6.58. The van der Waals surface area contributed by atoms with Gasteiger partial charge in [-0.15, -0.1) is 0 Å². The van der Waals surface area contributed by atoms with Gasteiger partial charge in [-0.3, -0.25) is 0 Å². The molecule has 0 saturated carbocycles. The van der Waals surface area contributed by atoms with Crippen LogP contribution in [0.4, 0.5) is 0 Å². The van der Waals surface area contributed by atoms with Crippen LogP contribution in [0.2, 0.25) is 0 Å². The van der Waals surface area contributed by atoms with E-state index in [1.165, 1.54) is 0 Å². The third-order valence-corrected chi connectivity index (χ3v) is 3.08. The fraction of sp³-hybridized carbons (Fsp3) is 0.125. The highest BCUT2D eigenvalue weighted by atomic mass is 16.5. The standard InChI is InChI=1S/C16H17BO4/c1-20-15-9-13(10-16(11-15)21-2)4-3-12-5-7-14(8-6-12)17(18)19/h3-11,18-19H,1-2H3/b4-3+. The van der Waals surface area contributed by atoms with Crippen molar-refractivity contribution >= 4 is 24.7 Å². The van der Waals surface area contributed by atoms with Gasteiger partial charge in [-0.25, -0.2) is 0 Å². The van der Waals surface area contributed by atoms with E-state index in [9.17, 15) is 0 Å². The van der Waals surface area contributed by atoms with E-state index >= 15 is 0 Å². The molecule has 0 amide bonds. The van der Waals surface area contributed by atoms with Gasteiger partial charge in [-0.2, -0.15) is 0 Å². The van der Waals surface area contributed by atoms with E-state index in [1.54, 1.807) is 26.4 Å². The summed E-state index contributed by atoms with van der Waals surface area (Å²) in [4.78, 5) is 0. The van der Waals surface area contributed by atoms with E-state index in [-0.39, 0.29) is 0 Å². The summed E-state index contributed by atoms with van der Waals surface area (Å²) in [5, 5.41) is 18.1. The minimum absolute atomic E-state index is 0.468. The summed E-state index contributed by atoms with van der Waals surface area (Å²) in [5.74, 6) is 1.46. The van der Waals surface area contributed by atoms with Crippen molar-refractivity contribution in [1.29, 1.82) is 0 Å². The molecule has 0 fully saturated rings. The van der Waals surface area contributed by atoms with E-state index in [1.807, 2.05) is 42.5 Å². The molecule has 0 aliphatic rings. The maximum atomic E-state index is 9.05. The number of hydrogen-bond donors (Lipinski definition) is 2. The Kier molecular flexibility index (Phi) is 5.03. The van der Waals surface area contributed by atoms with Gasteiger partial charge in [-0.1, -0.05) is 36.4 Å². The lowest BCUT2D eigenvalue weighted by Crippen LogP contribution is -2.29. The van der Waals surface area contributed by atoms with Crippen LogP contribution in [-0.2, 0) is 0 Å². The number of rotatable bonds is 5. The molecule has 2 rings (SSSR count). The first-order valence-corrected chi connectivity index (χ1v) is 6.49. The van der Waals surface area contributed by atoms with Crippen LogP contribution in [-0.4, -0.2) is 31.4 Å². The molecule has 0 radical (unpaired) electrons. The van der Waals surface area contributed by atoms with Crippen LogP contribution in [0.5, 0.6) is 11.5 Å². The van der Waals surface area contributed by atoms with Gasteiger partial charge in [0.15, 0.2) is 0 Å². The Hall–Kier alpha value is -2.24. The van der Waals surface area contributed by atoms with Crippen molar-refractivity contribution in [2.75, 3.05) is 14.2 Å². The second-order valence-corrected chi connectivity index (χ2v) is 4.52. The molecule has 0 aromatic heterocycles. The Labute approximate surface area is 124 Å². The largest absolute Gasteiger partial charge is 0.497 e. The lowest BCUT2D eigenvalue weighted by atomic mass is 9.80.